The van der Waals surface area contributed by atoms with Gasteiger partial charge in [-0.2, -0.15) is 0 Å². The summed E-state index contributed by atoms with van der Waals surface area (Å²) in [5.74, 6) is 2.53. The van der Waals surface area contributed by atoms with E-state index in [-0.39, 0.29) is 0 Å². The molecule has 0 saturated heterocycles. The van der Waals surface area contributed by atoms with Crippen LogP contribution in [0, 0.1) is 0 Å². The number of aliphatic imine (C=N–C) groups is 2. The van der Waals surface area contributed by atoms with Gasteiger partial charge < -0.3 is 19.3 Å². The maximum absolute atomic E-state index is 5.65. The van der Waals surface area contributed by atoms with Crippen LogP contribution in [0.25, 0.3) is 6.08 Å². The summed E-state index contributed by atoms with van der Waals surface area (Å²) in [5.41, 5.74) is 1.99. The average Bonchev–Trinajstić information content (AvgIpc) is 3.09. The Morgan fingerprint density at radius 3 is 2.77 bits per heavy atom. The molecule has 6 nitrogen and oxygen atoms in total. The summed E-state index contributed by atoms with van der Waals surface area (Å²) in [4.78, 5) is 13.8. The van der Waals surface area contributed by atoms with E-state index in [2.05, 4.69) is 34.8 Å². The monoisotopic (exact) mass is 354 g/mol. The Hall–Kier alpha value is -2.60. The molecule has 0 atom stereocenters. The highest BCUT2D eigenvalue weighted by molar-refractivity contribution is 6.16. The van der Waals surface area contributed by atoms with Crippen LogP contribution in [0.2, 0.25) is 0 Å². The number of hydrogen-bond acceptors (Lipinski definition) is 6. The highest BCUT2D eigenvalue weighted by Gasteiger charge is 2.26. The number of rotatable bonds is 8. The van der Waals surface area contributed by atoms with E-state index in [1.165, 1.54) is 0 Å². The molecular formula is C20H26N4O2. The molecule has 0 unspecified atom stereocenters. The largest absolute Gasteiger partial charge is 0.491 e. The number of ether oxygens (including phenoxy) is 2. The Labute approximate surface area is 155 Å². The Morgan fingerprint density at radius 2 is 2.00 bits per heavy atom. The third kappa shape index (κ3) is 4.32. The molecular weight excluding hydrogens is 328 g/mol. The molecule has 0 bridgehead atoms. The maximum atomic E-state index is 5.65. The first-order chi connectivity index (χ1) is 12.7. The Balaban J connectivity index is 1.71. The van der Waals surface area contributed by atoms with Crippen molar-refractivity contribution in [1.82, 2.24) is 9.80 Å². The van der Waals surface area contributed by atoms with Crippen LogP contribution >= 0.6 is 0 Å². The zero-order valence-corrected chi connectivity index (χ0v) is 15.7. The fourth-order valence-corrected chi connectivity index (χ4v) is 2.82. The van der Waals surface area contributed by atoms with Crippen LogP contribution in [0.1, 0.15) is 19.4 Å². The van der Waals surface area contributed by atoms with Gasteiger partial charge in [-0.3, -0.25) is 0 Å². The van der Waals surface area contributed by atoms with E-state index < -0.39 is 0 Å². The number of amidine groups is 2. The lowest BCUT2D eigenvalue weighted by molar-refractivity contribution is 0.146. The van der Waals surface area contributed by atoms with Crippen LogP contribution in [-0.2, 0) is 4.74 Å². The number of fused-ring (bicyclic) bond motifs is 1. The minimum Gasteiger partial charge on any atom is -0.491 e. The summed E-state index contributed by atoms with van der Waals surface area (Å²) >= 11 is 0. The fourth-order valence-electron chi connectivity index (χ4n) is 2.82. The summed E-state index contributed by atoms with van der Waals surface area (Å²) in [5, 5.41) is 0. The molecule has 0 N–H and O–H groups in total. The lowest BCUT2D eigenvalue weighted by atomic mass is 10.2. The smallest absolute Gasteiger partial charge is 0.160 e. The van der Waals surface area contributed by atoms with E-state index >= 15 is 0 Å². The second kappa shape index (κ2) is 8.67. The Morgan fingerprint density at radius 1 is 1.12 bits per heavy atom. The number of hydrogen-bond donors (Lipinski definition) is 0. The minimum absolute atomic E-state index is 0.541. The van der Waals surface area contributed by atoms with Gasteiger partial charge in [0.05, 0.1) is 13.3 Å². The molecule has 3 rings (SSSR count). The van der Waals surface area contributed by atoms with E-state index in [0.29, 0.717) is 13.2 Å². The van der Waals surface area contributed by atoms with Gasteiger partial charge in [0, 0.05) is 26.4 Å². The Kier molecular flexibility index (Phi) is 6.07. The van der Waals surface area contributed by atoms with Crippen molar-refractivity contribution in [2.75, 3.05) is 40.1 Å². The van der Waals surface area contributed by atoms with Crippen LogP contribution in [0.15, 0.2) is 52.2 Å². The van der Waals surface area contributed by atoms with Crippen molar-refractivity contribution in [2.24, 2.45) is 9.98 Å². The van der Waals surface area contributed by atoms with Gasteiger partial charge in [0.25, 0.3) is 0 Å². The first-order valence-corrected chi connectivity index (χ1v) is 9.02. The zero-order valence-electron chi connectivity index (χ0n) is 15.7. The first-order valence-electron chi connectivity index (χ1n) is 9.02. The molecule has 0 spiro atoms. The van der Waals surface area contributed by atoms with Gasteiger partial charge >= 0.3 is 0 Å². The topological polar surface area (TPSA) is 49.7 Å². The summed E-state index contributed by atoms with van der Waals surface area (Å²) in [6.07, 6.45) is 6.05. The second-order valence-corrected chi connectivity index (χ2v) is 6.07. The SMILES string of the molecule is CCN1C=C2N=C(C=Cc3cccc(OCCOC)c3)N=C2N(CC)C1. The van der Waals surface area contributed by atoms with Crippen LogP contribution in [0.4, 0.5) is 0 Å². The molecule has 2 aliphatic rings. The lowest BCUT2D eigenvalue weighted by Gasteiger charge is -2.33. The predicted molar refractivity (Wildman–Crippen MR) is 105 cm³/mol. The Bertz CT molecular complexity index is 752. The summed E-state index contributed by atoms with van der Waals surface area (Å²) < 4.78 is 10.7. The van der Waals surface area contributed by atoms with Crippen LogP contribution in [0.5, 0.6) is 5.75 Å². The van der Waals surface area contributed by atoms with E-state index in [1.54, 1.807) is 7.11 Å². The molecule has 0 aliphatic carbocycles. The van der Waals surface area contributed by atoms with Crippen molar-refractivity contribution >= 4 is 17.7 Å². The van der Waals surface area contributed by atoms with Crippen molar-refractivity contribution in [3.63, 3.8) is 0 Å². The van der Waals surface area contributed by atoms with Crippen LogP contribution in [0.3, 0.4) is 0 Å². The number of likely N-dealkylation sites (N-methyl/N-ethyl adjacent to an activating group) is 1. The molecule has 0 saturated carbocycles. The third-order valence-corrected chi connectivity index (χ3v) is 4.27. The maximum Gasteiger partial charge on any atom is 0.160 e. The normalized spacial score (nSPS) is 16.5. The van der Waals surface area contributed by atoms with Gasteiger partial charge in [-0.1, -0.05) is 18.2 Å². The molecule has 26 heavy (non-hydrogen) atoms. The summed E-state index contributed by atoms with van der Waals surface area (Å²) in [6.45, 7) is 8.15. The van der Waals surface area contributed by atoms with Crippen molar-refractivity contribution in [3.05, 3.63) is 47.8 Å². The number of methoxy groups -OCH3 is 1. The molecule has 0 aromatic heterocycles. The number of nitrogens with zero attached hydrogens (tertiary/aromatic N) is 4. The van der Waals surface area contributed by atoms with E-state index in [4.69, 9.17) is 14.5 Å². The van der Waals surface area contributed by atoms with Gasteiger partial charge in [-0.25, -0.2) is 9.98 Å². The molecule has 2 aliphatic heterocycles. The van der Waals surface area contributed by atoms with Crippen LogP contribution < -0.4 is 4.74 Å². The zero-order chi connectivity index (χ0) is 18.4. The highest BCUT2D eigenvalue weighted by atomic mass is 16.5. The summed E-state index contributed by atoms with van der Waals surface area (Å²) in [7, 11) is 1.67. The van der Waals surface area contributed by atoms with Crippen molar-refractivity contribution in [1.29, 1.82) is 0 Å². The first kappa shape index (κ1) is 18.2. The van der Waals surface area contributed by atoms with Gasteiger partial charge in [0.1, 0.15) is 18.1 Å². The van der Waals surface area contributed by atoms with Crippen molar-refractivity contribution < 1.29 is 9.47 Å². The molecule has 6 heteroatoms. The molecule has 0 amide bonds. The van der Waals surface area contributed by atoms with Crippen molar-refractivity contribution in [2.45, 2.75) is 13.8 Å². The molecule has 2 heterocycles. The minimum atomic E-state index is 0.541. The quantitative estimate of drug-likeness (QED) is 0.674. The second-order valence-electron chi connectivity index (χ2n) is 6.07. The molecule has 1 aromatic carbocycles. The predicted octanol–water partition coefficient (Wildman–Crippen LogP) is 2.99. The fraction of sp³-hybridized carbons (Fsp3) is 0.400. The standard InChI is InChI=1S/C20H26N4O2/c1-4-23-14-18-20(24(5-2)15-23)22-19(21-18)10-9-16-7-6-8-17(13-16)26-12-11-25-3/h6-10,13-14H,4-5,11-12,15H2,1-3H3. The highest BCUT2D eigenvalue weighted by Crippen LogP contribution is 2.21. The summed E-state index contributed by atoms with van der Waals surface area (Å²) in [6, 6.07) is 7.95. The lowest BCUT2D eigenvalue weighted by Crippen LogP contribution is -2.43. The van der Waals surface area contributed by atoms with E-state index in [0.717, 1.165) is 48.4 Å². The molecule has 0 fully saturated rings. The van der Waals surface area contributed by atoms with Crippen LogP contribution in [-0.4, -0.2) is 61.6 Å². The molecule has 0 radical (unpaired) electrons. The van der Waals surface area contributed by atoms with Crippen molar-refractivity contribution in [3.8, 4) is 5.75 Å². The van der Waals surface area contributed by atoms with Gasteiger partial charge in [-0.15, -0.1) is 0 Å². The third-order valence-electron chi connectivity index (χ3n) is 4.27. The molecule has 1 aromatic rings. The van der Waals surface area contributed by atoms with Gasteiger partial charge in [0.15, 0.2) is 11.7 Å². The van der Waals surface area contributed by atoms with E-state index in [9.17, 15) is 0 Å². The van der Waals surface area contributed by atoms with Gasteiger partial charge in [-0.05, 0) is 37.6 Å². The van der Waals surface area contributed by atoms with E-state index in [1.807, 2.05) is 36.4 Å². The van der Waals surface area contributed by atoms with Gasteiger partial charge in [0.2, 0.25) is 0 Å². The average molecular weight is 354 g/mol. The molecule has 138 valence electrons. The number of benzene rings is 1.